The van der Waals surface area contributed by atoms with Crippen molar-refractivity contribution in [3.8, 4) is 42.0 Å². The highest BCUT2D eigenvalue weighted by atomic mass is 32.2. The number of carbonyl (C=O) groups is 2. The Balaban J connectivity index is 0.000000257. The van der Waals surface area contributed by atoms with Crippen molar-refractivity contribution < 1.29 is 26.4 Å². The number of isothiocyanates is 1. The van der Waals surface area contributed by atoms with Crippen molar-refractivity contribution in [2.24, 2.45) is 4.99 Å². The SMILES string of the molecule is C.CC(=O)Nc1ccc(-c2cnc(-c3ccc(N)cc3)s2)c(S(=O)(=O)NC(C)(C)C)c1.CC(=O)Nc1ccc(-c2cnc(-c3ccc(NC(=S)NCc4ccccc4)cc3)s2)c(S(=O)(=O)NC(C)(C)C)c1.S=C=NCc1ccccc1. The normalized spacial score (nSPS) is 11.2. The molecule has 2 heterocycles. The van der Waals surface area contributed by atoms with Crippen LogP contribution in [-0.4, -0.2) is 60.0 Å². The smallest absolute Gasteiger partial charge is 0.241 e. The van der Waals surface area contributed by atoms with E-state index in [0.29, 0.717) is 56.1 Å². The lowest BCUT2D eigenvalue weighted by atomic mass is 10.1. The fourth-order valence-corrected chi connectivity index (χ4v) is 13.1. The highest BCUT2D eigenvalue weighted by Crippen LogP contribution is 2.39. The number of sulfonamides is 2. The van der Waals surface area contributed by atoms with Crippen molar-refractivity contribution >= 4 is 112 Å². The summed E-state index contributed by atoms with van der Waals surface area (Å²) >= 11 is 12.6. The topological polar surface area (TPSA) is 239 Å². The minimum atomic E-state index is -3.90. The highest BCUT2D eigenvalue weighted by molar-refractivity contribution is 7.90. The molecule has 16 nitrogen and oxygen atoms in total. The number of amides is 2. The van der Waals surface area contributed by atoms with Gasteiger partial charge >= 0.3 is 0 Å². The van der Waals surface area contributed by atoms with Crippen molar-refractivity contribution in [2.75, 3.05) is 21.7 Å². The second-order valence-corrected chi connectivity index (χ2v) is 25.9. The number of nitrogens with zero attached hydrogens (tertiary/aromatic N) is 3. The van der Waals surface area contributed by atoms with Crippen molar-refractivity contribution in [1.29, 1.82) is 0 Å². The van der Waals surface area contributed by atoms with Gasteiger partial charge in [0.05, 0.1) is 31.3 Å². The van der Waals surface area contributed by atoms with Crippen LogP contribution in [0.1, 0.15) is 73.9 Å². The van der Waals surface area contributed by atoms with Gasteiger partial charge < -0.3 is 27.0 Å². The molecule has 0 saturated carbocycles. The van der Waals surface area contributed by atoms with E-state index < -0.39 is 31.1 Å². The molecule has 8 aromatic rings. The number of thiocarbonyl (C=S) groups is 2. The summed E-state index contributed by atoms with van der Waals surface area (Å²) in [5.41, 5.74) is 11.8. The number of aliphatic imine (C=N–C) groups is 1. The molecule has 0 unspecified atom stereocenters. The molecule has 81 heavy (non-hydrogen) atoms. The third-order valence-electron chi connectivity index (χ3n) is 10.6. The molecule has 2 amide bonds. The molecule has 0 aliphatic carbocycles. The number of thiazole rings is 2. The predicted octanol–water partition coefficient (Wildman–Crippen LogP) is 13.0. The zero-order chi connectivity index (χ0) is 58.3. The fourth-order valence-electron chi connectivity index (χ4n) is 7.42. The molecule has 0 fully saturated rings. The molecular formula is C59H66N10O6S6. The summed E-state index contributed by atoms with van der Waals surface area (Å²) in [6.07, 6.45) is 3.32. The molecule has 8 N–H and O–H groups in total. The van der Waals surface area contributed by atoms with Crippen molar-refractivity contribution in [3.05, 3.63) is 169 Å². The largest absolute Gasteiger partial charge is 0.399 e. The number of rotatable bonds is 15. The second-order valence-electron chi connectivity index (χ2n) is 19.9. The third-order valence-corrected chi connectivity index (χ3v) is 16.7. The summed E-state index contributed by atoms with van der Waals surface area (Å²) < 4.78 is 58.4. The lowest BCUT2D eigenvalue weighted by molar-refractivity contribution is -0.115. The van der Waals surface area contributed by atoms with Gasteiger partial charge in [0, 0.05) is 88.9 Å². The van der Waals surface area contributed by atoms with Crippen molar-refractivity contribution in [1.82, 2.24) is 24.7 Å². The van der Waals surface area contributed by atoms with Crippen LogP contribution in [-0.2, 0) is 42.7 Å². The Kier molecular flexibility index (Phi) is 23.0. The van der Waals surface area contributed by atoms with Gasteiger partial charge in [-0.05, 0) is 150 Å². The minimum absolute atomic E-state index is 0. The Morgan fingerprint density at radius 1 is 0.593 bits per heavy atom. The maximum absolute atomic E-state index is 13.3. The Bertz CT molecular complexity index is 3710. The van der Waals surface area contributed by atoms with Crippen LogP contribution in [0.15, 0.2) is 173 Å². The summed E-state index contributed by atoms with van der Waals surface area (Å²) in [5.74, 6) is -0.566. The van der Waals surface area contributed by atoms with Gasteiger partial charge in [0.15, 0.2) is 5.11 Å². The molecule has 0 spiro atoms. The third kappa shape index (κ3) is 20.3. The summed E-state index contributed by atoms with van der Waals surface area (Å²) in [7, 11) is -7.75. The number of carbonyl (C=O) groups excluding carboxylic acids is 2. The molecule has 6 aromatic carbocycles. The van der Waals surface area contributed by atoms with Crippen LogP contribution in [0.4, 0.5) is 22.7 Å². The Labute approximate surface area is 494 Å². The van der Waals surface area contributed by atoms with Gasteiger partial charge in [-0.1, -0.05) is 80.2 Å². The molecule has 424 valence electrons. The van der Waals surface area contributed by atoms with E-state index in [9.17, 15) is 26.4 Å². The number of benzene rings is 6. The van der Waals surface area contributed by atoms with Gasteiger partial charge in [-0.25, -0.2) is 41.2 Å². The molecule has 0 saturated heterocycles. The summed E-state index contributed by atoms with van der Waals surface area (Å²) in [5, 5.41) is 16.0. The van der Waals surface area contributed by atoms with Gasteiger partial charge in [0.25, 0.3) is 0 Å². The molecule has 0 radical (unpaired) electrons. The van der Waals surface area contributed by atoms with E-state index >= 15 is 0 Å². The van der Waals surface area contributed by atoms with Crippen molar-refractivity contribution in [3.63, 3.8) is 0 Å². The van der Waals surface area contributed by atoms with Crippen LogP contribution in [0.5, 0.6) is 0 Å². The van der Waals surface area contributed by atoms with E-state index in [4.69, 9.17) is 18.0 Å². The molecule has 2 aromatic heterocycles. The van der Waals surface area contributed by atoms with Gasteiger partial charge in [0.2, 0.25) is 31.9 Å². The number of hydrogen-bond donors (Lipinski definition) is 7. The van der Waals surface area contributed by atoms with Gasteiger partial charge in [-0.3, -0.25) is 9.59 Å². The number of anilines is 4. The Morgan fingerprint density at radius 2 is 1.00 bits per heavy atom. The minimum Gasteiger partial charge on any atom is -0.399 e. The van der Waals surface area contributed by atoms with E-state index in [1.807, 2.05) is 97.1 Å². The zero-order valence-corrected chi connectivity index (χ0v) is 50.1. The van der Waals surface area contributed by atoms with Crippen LogP contribution < -0.4 is 36.4 Å². The molecule has 0 bridgehead atoms. The van der Waals surface area contributed by atoms with Crippen molar-refractivity contribution in [2.45, 2.75) is 96.8 Å². The fraction of sp³-hybridized carbons (Fsp3) is 0.220. The quantitative estimate of drug-likeness (QED) is 0.0288. The molecule has 0 atom stereocenters. The molecule has 22 heteroatoms. The first-order valence-corrected chi connectivity index (χ1v) is 30.2. The van der Waals surface area contributed by atoms with E-state index in [2.05, 4.69) is 63.1 Å². The van der Waals surface area contributed by atoms with Gasteiger partial charge in [-0.15, -0.1) is 22.7 Å². The Hall–Kier alpha value is -7.37. The number of nitrogen functional groups attached to an aromatic ring is 1. The number of hydrogen-bond acceptors (Lipinski definition) is 14. The summed E-state index contributed by atoms with van der Waals surface area (Å²) in [4.78, 5) is 37.4. The molecule has 8 rings (SSSR count). The first kappa shape index (κ1) is 64.5. The van der Waals surface area contributed by atoms with Gasteiger partial charge in [-0.2, -0.15) is 0 Å². The van der Waals surface area contributed by atoms with Crippen LogP contribution in [0.2, 0.25) is 0 Å². The molecule has 0 aliphatic heterocycles. The first-order chi connectivity index (χ1) is 37.8. The van der Waals surface area contributed by atoms with E-state index in [-0.39, 0.29) is 29.0 Å². The zero-order valence-electron chi connectivity index (χ0n) is 45.2. The average Bonchev–Trinajstić information content (AvgIpc) is 4.09. The van der Waals surface area contributed by atoms with Crippen LogP contribution in [0.3, 0.4) is 0 Å². The van der Waals surface area contributed by atoms with E-state index in [0.717, 1.165) is 32.4 Å². The number of aromatic nitrogens is 2. The predicted molar refractivity (Wildman–Crippen MR) is 341 cm³/mol. The van der Waals surface area contributed by atoms with E-state index in [1.54, 1.807) is 90.3 Å². The summed E-state index contributed by atoms with van der Waals surface area (Å²) in [6.45, 7) is 14.7. The van der Waals surface area contributed by atoms with Gasteiger partial charge in [0.1, 0.15) is 10.0 Å². The van der Waals surface area contributed by atoms with Crippen LogP contribution in [0.25, 0.3) is 42.0 Å². The van der Waals surface area contributed by atoms with E-state index in [1.165, 1.54) is 54.2 Å². The van der Waals surface area contributed by atoms with Crippen LogP contribution >= 0.6 is 47.1 Å². The maximum atomic E-state index is 13.3. The lowest BCUT2D eigenvalue weighted by Gasteiger charge is -2.22. The lowest BCUT2D eigenvalue weighted by Crippen LogP contribution is -2.40. The Morgan fingerprint density at radius 3 is 1.41 bits per heavy atom. The number of nitrogens with one attached hydrogen (secondary N) is 6. The average molecular weight is 1200 g/mol. The molecule has 0 aliphatic rings. The standard InChI is InChI=1S/C29H31N5O3S3.C21H24N4O3S2.C8H7NS.CH4/c1-19(35)32-23-14-15-24(26(16-23)40(36,37)34-29(2,3)4)25-18-30-27(39-25)21-10-12-22(13-11-21)33-28(38)31-17-20-8-6-5-7-9-20;1-13(26)24-16-9-10-17(19(11-16)30(27,28)25-21(2,3)4)18-12-23-20(29-18)14-5-7-15(22)8-6-14;10-7-9-6-8-4-2-1-3-5-8;/h5-16,18,34H,17H2,1-4H3,(H,32,35)(H2,31,33,38);5-12,25H,22H2,1-4H3,(H,24,26);1-5H,6H2;1H4. The maximum Gasteiger partial charge on any atom is 0.241 e. The highest BCUT2D eigenvalue weighted by Gasteiger charge is 2.28. The molecular weight excluding hydrogens is 1140 g/mol. The second kappa shape index (κ2) is 28.9. The summed E-state index contributed by atoms with van der Waals surface area (Å²) in [6, 6.07) is 44.7. The monoisotopic (exact) mass is 1200 g/mol. The van der Waals surface area contributed by atoms with Crippen LogP contribution in [0, 0.1) is 0 Å². The number of nitrogens with two attached hydrogens (primary N) is 1. The first-order valence-electron chi connectivity index (χ1n) is 24.7.